The lowest BCUT2D eigenvalue weighted by molar-refractivity contribution is -0.122. The third kappa shape index (κ3) is 4.83. The molecule has 0 aliphatic carbocycles. The number of carbonyl (C=O) groups excluding carboxylic acids is 1. The molecule has 0 bridgehead atoms. The minimum atomic E-state index is 0.128. The van der Waals surface area contributed by atoms with Crippen molar-refractivity contribution in [1.29, 1.82) is 0 Å². The number of benzene rings is 2. The lowest BCUT2D eigenvalue weighted by Crippen LogP contribution is -2.48. The van der Waals surface area contributed by atoms with Crippen molar-refractivity contribution in [2.24, 2.45) is 0 Å². The molecule has 4 nitrogen and oxygen atoms in total. The largest absolute Gasteiger partial charge is 0.486 e. The van der Waals surface area contributed by atoms with Gasteiger partial charge in [-0.15, -0.1) is 0 Å². The molecule has 25 heavy (non-hydrogen) atoms. The predicted octanol–water partition coefficient (Wildman–Crippen LogP) is 3.07. The van der Waals surface area contributed by atoms with E-state index in [1.54, 1.807) is 0 Å². The third-order valence-electron chi connectivity index (χ3n) is 4.77. The van der Waals surface area contributed by atoms with Crippen molar-refractivity contribution in [3.63, 3.8) is 0 Å². The molecule has 0 amide bonds. The van der Waals surface area contributed by atoms with Crippen LogP contribution in [0.1, 0.15) is 11.1 Å². The fourth-order valence-electron chi connectivity index (χ4n) is 3.06. The van der Waals surface area contributed by atoms with E-state index in [-0.39, 0.29) is 12.4 Å². The molecule has 1 aliphatic rings. The number of ether oxygens (including phenoxy) is 1. The Labute approximate surface area is 150 Å². The molecule has 0 spiro atoms. The highest BCUT2D eigenvalue weighted by molar-refractivity contribution is 5.82. The summed E-state index contributed by atoms with van der Waals surface area (Å²) in [6.45, 7) is 8.62. The first kappa shape index (κ1) is 17.5. The summed E-state index contributed by atoms with van der Waals surface area (Å²) in [6, 6.07) is 16.1. The van der Waals surface area contributed by atoms with Gasteiger partial charge >= 0.3 is 0 Å². The van der Waals surface area contributed by atoms with Gasteiger partial charge in [0.25, 0.3) is 0 Å². The van der Waals surface area contributed by atoms with E-state index in [0.717, 1.165) is 31.9 Å². The van der Waals surface area contributed by atoms with Crippen LogP contribution in [0.4, 0.5) is 5.69 Å². The van der Waals surface area contributed by atoms with Crippen molar-refractivity contribution in [2.75, 3.05) is 44.2 Å². The molecule has 1 aliphatic heterocycles. The highest BCUT2D eigenvalue weighted by Gasteiger charge is 2.19. The zero-order chi connectivity index (χ0) is 17.6. The molecule has 0 N–H and O–H groups in total. The van der Waals surface area contributed by atoms with Gasteiger partial charge in [-0.25, -0.2) is 0 Å². The van der Waals surface area contributed by atoms with Crippen LogP contribution in [0.15, 0.2) is 48.5 Å². The maximum Gasteiger partial charge on any atom is 0.184 e. The standard InChI is InChI=1S/C21H26N2O2/c1-17-8-9-19(14-18(17)2)23-12-10-22(11-13-23)15-20(24)16-25-21-6-4-3-5-7-21/h3-9,14H,10-13,15-16H2,1-2H3. The first-order valence-corrected chi connectivity index (χ1v) is 8.86. The lowest BCUT2D eigenvalue weighted by atomic mass is 10.1. The molecule has 1 heterocycles. The van der Waals surface area contributed by atoms with Gasteiger partial charge in [0.2, 0.25) is 0 Å². The van der Waals surface area contributed by atoms with Crippen molar-refractivity contribution < 1.29 is 9.53 Å². The number of para-hydroxylation sites is 1. The maximum atomic E-state index is 12.1. The van der Waals surface area contributed by atoms with Crippen molar-refractivity contribution in [1.82, 2.24) is 4.90 Å². The van der Waals surface area contributed by atoms with Crippen LogP contribution in [-0.4, -0.2) is 50.0 Å². The van der Waals surface area contributed by atoms with Gasteiger partial charge < -0.3 is 9.64 Å². The van der Waals surface area contributed by atoms with Gasteiger partial charge in [0.1, 0.15) is 12.4 Å². The smallest absolute Gasteiger partial charge is 0.184 e. The van der Waals surface area contributed by atoms with Crippen LogP contribution in [0.25, 0.3) is 0 Å². The summed E-state index contributed by atoms with van der Waals surface area (Å²) in [4.78, 5) is 16.8. The molecule has 1 saturated heterocycles. The quantitative estimate of drug-likeness (QED) is 0.810. The lowest BCUT2D eigenvalue weighted by Gasteiger charge is -2.36. The summed E-state index contributed by atoms with van der Waals surface area (Å²) in [5.41, 5.74) is 3.93. The van der Waals surface area contributed by atoms with Crippen molar-refractivity contribution in [3.8, 4) is 5.75 Å². The second-order valence-corrected chi connectivity index (χ2v) is 6.67. The van der Waals surface area contributed by atoms with E-state index >= 15 is 0 Å². The van der Waals surface area contributed by atoms with Gasteiger partial charge in [0, 0.05) is 31.9 Å². The van der Waals surface area contributed by atoms with Gasteiger partial charge in [-0.2, -0.15) is 0 Å². The minimum Gasteiger partial charge on any atom is -0.486 e. The molecule has 0 radical (unpaired) electrons. The van der Waals surface area contributed by atoms with Crippen LogP contribution in [-0.2, 0) is 4.79 Å². The maximum absolute atomic E-state index is 12.1. The number of anilines is 1. The zero-order valence-corrected chi connectivity index (χ0v) is 15.1. The number of hydrogen-bond donors (Lipinski definition) is 0. The molecule has 2 aromatic rings. The first-order valence-electron chi connectivity index (χ1n) is 8.86. The Hall–Kier alpha value is -2.33. The van der Waals surface area contributed by atoms with Gasteiger partial charge in [-0.1, -0.05) is 24.3 Å². The summed E-state index contributed by atoms with van der Waals surface area (Å²) in [7, 11) is 0. The average molecular weight is 338 g/mol. The van der Waals surface area contributed by atoms with E-state index in [1.807, 2.05) is 30.3 Å². The second-order valence-electron chi connectivity index (χ2n) is 6.67. The van der Waals surface area contributed by atoms with Gasteiger partial charge in [0.05, 0.1) is 6.54 Å². The Balaban J connectivity index is 1.44. The van der Waals surface area contributed by atoms with Crippen molar-refractivity contribution in [2.45, 2.75) is 13.8 Å². The van der Waals surface area contributed by atoms with Gasteiger partial charge in [0.15, 0.2) is 5.78 Å². The topological polar surface area (TPSA) is 32.8 Å². The predicted molar refractivity (Wildman–Crippen MR) is 102 cm³/mol. The number of piperazine rings is 1. The Bertz CT molecular complexity index is 707. The average Bonchev–Trinajstić information content (AvgIpc) is 2.64. The van der Waals surface area contributed by atoms with Crippen LogP contribution >= 0.6 is 0 Å². The van der Waals surface area contributed by atoms with Gasteiger partial charge in [-0.3, -0.25) is 9.69 Å². The van der Waals surface area contributed by atoms with E-state index in [1.165, 1.54) is 16.8 Å². The van der Waals surface area contributed by atoms with E-state index < -0.39 is 0 Å². The van der Waals surface area contributed by atoms with Crippen LogP contribution in [0, 0.1) is 13.8 Å². The Morgan fingerprint density at radius 1 is 0.960 bits per heavy atom. The molecule has 0 aromatic heterocycles. The van der Waals surface area contributed by atoms with E-state index in [0.29, 0.717) is 6.54 Å². The monoisotopic (exact) mass is 338 g/mol. The zero-order valence-electron chi connectivity index (χ0n) is 15.1. The summed E-state index contributed by atoms with van der Waals surface area (Å²) < 4.78 is 5.54. The molecule has 0 saturated carbocycles. The van der Waals surface area contributed by atoms with Gasteiger partial charge in [-0.05, 0) is 49.2 Å². The summed E-state index contributed by atoms with van der Waals surface area (Å²) >= 11 is 0. The molecule has 0 unspecified atom stereocenters. The first-order chi connectivity index (χ1) is 12.1. The second kappa shape index (κ2) is 8.17. The molecule has 3 rings (SSSR count). The van der Waals surface area contributed by atoms with E-state index in [9.17, 15) is 4.79 Å². The van der Waals surface area contributed by atoms with E-state index in [2.05, 4.69) is 41.8 Å². The number of rotatable bonds is 6. The normalized spacial score (nSPS) is 15.2. The number of ketones is 1. The molecular weight excluding hydrogens is 312 g/mol. The van der Waals surface area contributed by atoms with Crippen molar-refractivity contribution in [3.05, 3.63) is 59.7 Å². The molecule has 0 atom stereocenters. The fourth-order valence-corrected chi connectivity index (χ4v) is 3.06. The molecule has 132 valence electrons. The summed E-state index contributed by atoms with van der Waals surface area (Å²) in [5, 5.41) is 0. The molecule has 1 fully saturated rings. The van der Waals surface area contributed by atoms with Crippen molar-refractivity contribution >= 4 is 11.5 Å². The Morgan fingerprint density at radius 3 is 2.36 bits per heavy atom. The summed E-state index contributed by atoms with van der Waals surface area (Å²) in [6.07, 6.45) is 0. The highest BCUT2D eigenvalue weighted by Crippen LogP contribution is 2.20. The SMILES string of the molecule is Cc1ccc(N2CCN(CC(=O)COc3ccccc3)CC2)cc1C. The number of carbonyl (C=O) groups is 1. The fraction of sp³-hybridized carbons (Fsp3) is 0.381. The number of aryl methyl sites for hydroxylation is 2. The number of hydrogen-bond acceptors (Lipinski definition) is 4. The molecule has 4 heteroatoms. The van der Waals surface area contributed by atoms with Crippen LogP contribution in [0.2, 0.25) is 0 Å². The third-order valence-corrected chi connectivity index (χ3v) is 4.77. The number of Topliss-reactive ketones (excluding diaryl/α,β-unsaturated/α-hetero) is 1. The highest BCUT2D eigenvalue weighted by atomic mass is 16.5. The van der Waals surface area contributed by atoms with Crippen LogP contribution in [0.3, 0.4) is 0 Å². The molecule has 2 aromatic carbocycles. The Morgan fingerprint density at radius 2 is 1.68 bits per heavy atom. The molecular formula is C21H26N2O2. The number of nitrogens with zero attached hydrogens (tertiary/aromatic N) is 2. The summed E-state index contributed by atoms with van der Waals surface area (Å²) in [5.74, 6) is 0.874. The van der Waals surface area contributed by atoms with Crippen LogP contribution in [0.5, 0.6) is 5.75 Å². The minimum absolute atomic E-state index is 0.128. The van der Waals surface area contributed by atoms with E-state index in [4.69, 9.17) is 4.74 Å². The Kier molecular flexibility index (Phi) is 5.71. The van der Waals surface area contributed by atoms with Crippen LogP contribution < -0.4 is 9.64 Å².